The van der Waals surface area contributed by atoms with Gasteiger partial charge >= 0.3 is 0 Å². The second-order valence-corrected chi connectivity index (χ2v) is 6.43. The van der Waals surface area contributed by atoms with E-state index in [1.54, 1.807) is 12.4 Å². The topological polar surface area (TPSA) is 63.8 Å². The highest BCUT2D eigenvalue weighted by atomic mass is 16.3. The van der Waals surface area contributed by atoms with Crippen molar-refractivity contribution in [3.05, 3.63) is 84.9 Å². The molecule has 0 bridgehead atoms. The van der Waals surface area contributed by atoms with Crippen LogP contribution in [0.25, 0.3) is 33.2 Å². The molecule has 0 aliphatic heterocycles. The summed E-state index contributed by atoms with van der Waals surface area (Å²) in [5.74, 6) is 0.186. The number of benzene rings is 3. The third-order valence-corrected chi connectivity index (χ3v) is 4.74. The highest BCUT2D eigenvalue weighted by Gasteiger charge is 2.17. The number of aromatic hydroxyl groups is 1. The van der Waals surface area contributed by atoms with Gasteiger partial charge in [0.05, 0.1) is 18.4 Å². The molecule has 0 atom stereocenters. The number of hydrogen-bond acceptors (Lipinski definition) is 4. The van der Waals surface area contributed by atoms with Crippen LogP contribution in [0.5, 0.6) is 5.75 Å². The van der Waals surface area contributed by atoms with E-state index in [-0.39, 0.29) is 5.75 Å². The summed E-state index contributed by atoms with van der Waals surface area (Å²) in [6.07, 6.45) is 3.31. The van der Waals surface area contributed by atoms with Gasteiger partial charge in [-0.15, -0.1) is 0 Å². The van der Waals surface area contributed by atoms with Crippen molar-refractivity contribution >= 4 is 21.9 Å². The molecule has 5 nitrogen and oxygen atoms in total. The van der Waals surface area contributed by atoms with Crippen molar-refractivity contribution in [1.82, 2.24) is 19.5 Å². The fourth-order valence-corrected chi connectivity index (χ4v) is 3.47. The third kappa shape index (κ3) is 2.60. The maximum Gasteiger partial charge on any atom is 0.164 e. The van der Waals surface area contributed by atoms with Gasteiger partial charge < -0.3 is 9.67 Å². The van der Waals surface area contributed by atoms with Crippen molar-refractivity contribution in [2.45, 2.75) is 6.54 Å². The number of nitrogens with zero attached hydrogens (tertiary/aromatic N) is 4. The maximum absolute atomic E-state index is 10.6. The Balaban J connectivity index is 1.71. The molecule has 0 aliphatic carbocycles. The summed E-state index contributed by atoms with van der Waals surface area (Å²) >= 11 is 0. The Hall–Kier alpha value is -3.73. The van der Waals surface area contributed by atoms with E-state index in [0.717, 1.165) is 16.4 Å². The lowest BCUT2D eigenvalue weighted by Gasteiger charge is -2.09. The first-order valence-electron chi connectivity index (χ1n) is 8.72. The van der Waals surface area contributed by atoms with Gasteiger partial charge in [0.15, 0.2) is 5.65 Å². The summed E-state index contributed by atoms with van der Waals surface area (Å²) in [5, 5.41) is 12.6. The predicted octanol–water partition coefficient (Wildman–Crippen LogP) is 4.40. The Morgan fingerprint density at radius 1 is 0.815 bits per heavy atom. The fourth-order valence-electron chi connectivity index (χ4n) is 3.47. The lowest BCUT2D eigenvalue weighted by atomic mass is 10.0. The van der Waals surface area contributed by atoms with E-state index in [9.17, 15) is 5.11 Å². The zero-order chi connectivity index (χ0) is 18.2. The molecule has 130 valence electrons. The highest BCUT2D eigenvalue weighted by Crippen LogP contribution is 2.37. The molecule has 27 heavy (non-hydrogen) atoms. The Morgan fingerprint density at radius 2 is 1.63 bits per heavy atom. The van der Waals surface area contributed by atoms with E-state index in [1.165, 1.54) is 11.9 Å². The van der Waals surface area contributed by atoms with Crippen molar-refractivity contribution in [2.24, 2.45) is 0 Å². The van der Waals surface area contributed by atoms with Gasteiger partial charge in [-0.3, -0.25) is 0 Å². The molecule has 0 radical (unpaired) electrons. The highest BCUT2D eigenvalue weighted by molar-refractivity contribution is 6.03. The predicted molar refractivity (Wildman–Crippen MR) is 105 cm³/mol. The second kappa shape index (κ2) is 6.21. The zero-order valence-corrected chi connectivity index (χ0v) is 14.4. The van der Waals surface area contributed by atoms with Crippen LogP contribution in [0.15, 0.2) is 79.4 Å². The Labute approximate surface area is 155 Å². The second-order valence-electron chi connectivity index (χ2n) is 6.43. The Bertz CT molecular complexity index is 1260. The SMILES string of the molecule is Oc1ccc2ccccc2c1-c1ncnc2c1ncn2Cc1ccccc1. The van der Waals surface area contributed by atoms with Crippen LogP contribution >= 0.6 is 0 Å². The van der Waals surface area contributed by atoms with Gasteiger partial charge in [-0.05, 0) is 22.4 Å². The first-order valence-corrected chi connectivity index (χ1v) is 8.72. The number of phenolic OH excluding ortho intramolecular Hbond substituents is 1. The lowest BCUT2D eigenvalue weighted by molar-refractivity contribution is 0.478. The fraction of sp³-hybridized carbons (Fsp3) is 0.0455. The molecule has 0 saturated heterocycles. The summed E-state index contributed by atoms with van der Waals surface area (Å²) in [6.45, 7) is 0.676. The number of imidazole rings is 1. The van der Waals surface area contributed by atoms with Crippen LogP contribution in [-0.4, -0.2) is 24.6 Å². The minimum Gasteiger partial charge on any atom is -0.507 e. The zero-order valence-electron chi connectivity index (χ0n) is 14.4. The molecular weight excluding hydrogens is 336 g/mol. The van der Waals surface area contributed by atoms with Crippen LogP contribution in [-0.2, 0) is 6.54 Å². The van der Waals surface area contributed by atoms with Gasteiger partial charge in [0.25, 0.3) is 0 Å². The molecular formula is C22H16N4O. The molecule has 1 N–H and O–H groups in total. The summed E-state index contributed by atoms with van der Waals surface area (Å²) in [7, 11) is 0. The molecule has 5 rings (SSSR count). The van der Waals surface area contributed by atoms with Gasteiger partial charge in [-0.1, -0.05) is 60.7 Å². The molecule has 0 saturated carbocycles. The van der Waals surface area contributed by atoms with Crippen molar-refractivity contribution in [1.29, 1.82) is 0 Å². The Kier molecular flexibility index (Phi) is 3.57. The van der Waals surface area contributed by atoms with Gasteiger partial charge in [0.2, 0.25) is 0 Å². The molecule has 0 spiro atoms. The monoisotopic (exact) mass is 352 g/mol. The molecule has 5 heteroatoms. The first kappa shape index (κ1) is 15.5. The smallest absolute Gasteiger partial charge is 0.164 e. The lowest BCUT2D eigenvalue weighted by Crippen LogP contribution is -1.99. The van der Waals surface area contributed by atoms with E-state index in [4.69, 9.17) is 0 Å². The number of hydrogen-bond donors (Lipinski definition) is 1. The summed E-state index contributed by atoms with van der Waals surface area (Å²) in [5.41, 5.74) is 3.92. The molecule has 2 heterocycles. The van der Waals surface area contributed by atoms with Crippen LogP contribution in [0.2, 0.25) is 0 Å². The van der Waals surface area contributed by atoms with Gasteiger partial charge in [-0.2, -0.15) is 0 Å². The van der Waals surface area contributed by atoms with E-state index in [2.05, 4.69) is 27.1 Å². The van der Waals surface area contributed by atoms with Crippen molar-refractivity contribution in [3.8, 4) is 17.0 Å². The molecule has 2 aromatic heterocycles. The van der Waals surface area contributed by atoms with Gasteiger partial charge in [0, 0.05) is 0 Å². The standard InChI is InChI=1S/C22H16N4O/c27-18-11-10-16-8-4-5-9-17(16)19(18)20-21-22(24-13-23-20)26(14-25-21)12-15-6-2-1-3-7-15/h1-11,13-14,27H,12H2. The maximum atomic E-state index is 10.6. The van der Waals surface area contributed by atoms with Crippen LogP contribution in [0, 0.1) is 0 Å². The van der Waals surface area contributed by atoms with E-state index < -0.39 is 0 Å². The van der Waals surface area contributed by atoms with Gasteiger partial charge in [0.1, 0.15) is 23.3 Å². The van der Waals surface area contributed by atoms with Crippen LogP contribution in [0.1, 0.15) is 5.56 Å². The summed E-state index contributed by atoms with van der Waals surface area (Å²) in [6, 6.07) is 21.7. The Morgan fingerprint density at radius 3 is 2.52 bits per heavy atom. The molecule has 5 aromatic rings. The first-order chi connectivity index (χ1) is 13.3. The third-order valence-electron chi connectivity index (χ3n) is 4.74. The number of aromatic nitrogens is 4. The average molecular weight is 352 g/mol. The normalized spacial score (nSPS) is 11.3. The molecule has 0 amide bonds. The van der Waals surface area contributed by atoms with E-state index in [1.807, 2.05) is 53.1 Å². The van der Waals surface area contributed by atoms with Crippen LogP contribution in [0.3, 0.4) is 0 Å². The molecule has 0 fully saturated rings. The summed E-state index contributed by atoms with van der Waals surface area (Å²) < 4.78 is 2.00. The largest absolute Gasteiger partial charge is 0.507 e. The van der Waals surface area contributed by atoms with Crippen molar-refractivity contribution in [2.75, 3.05) is 0 Å². The summed E-state index contributed by atoms with van der Waals surface area (Å²) in [4.78, 5) is 13.5. The van der Waals surface area contributed by atoms with E-state index in [0.29, 0.717) is 23.3 Å². The molecule has 0 aliphatic rings. The minimum atomic E-state index is 0.186. The quantitative estimate of drug-likeness (QED) is 0.523. The van der Waals surface area contributed by atoms with Crippen molar-refractivity contribution < 1.29 is 5.11 Å². The average Bonchev–Trinajstić information content (AvgIpc) is 3.12. The molecule has 0 unspecified atom stereocenters. The van der Waals surface area contributed by atoms with Crippen molar-refractivity contribution in [3.63, 3.8) is 0 Å². The van der Waals surface area contributed by atoms with Crippen LogP contribution < -0.4 is 0 Å². The number of phenols is 1. The van der Waals surface area contributed by atoms with E-state index >= 15 is 0 Å². The number of fused-ring (bicyclic) bond motifs is 2. The molecule has 3 aromatic carbocycles. The van der Waals surface area contributed by atoms with Gasteiger partial charge in [-0.25, -0.2) is 15.0 Å². The van der Waals surface area contributed by atoms with Crippen LogP contribution in [0.4, 0.5) is 0 Å². The minimum absolute atomic E-state index is 0.186. The number of rotatable bonds is 3.